The third-order valence-electron chi connectivity index (χ3n) is 4.04. The molecule has 0 radical (unpaired) electrons. The molecule has 0 aliphatic carbocycles. The van der Waals surface area contributed by atoms with Gasteiger partial charge in [0.05, 0.1) is 7.11 Å². The number of rotatable bonds is 10. The smallest absolute Gasteiger partial charge is 0.163 e. The first-order valence-corrected chi connectivity index (χ1v) is 9.83. The van der Waals surface area contributed by atoms with Gasteiger partial charge in [-0.1, -0.05) is 60.6 Å². The minimum atomic E-state index is 0.236. The van der Waals surface area contributed by atoms with Crippen molar-refractivity contribution in [1.29, 1.82) is 0 Å². The van der Waals surface area contributed by atoms with Crippen LogP contribution >= 0.6 is 34.8 Å². The first kappa shape index (κ1) is 21.2. The second kappa shape index (κ2) is 10.9. The average Bonchev–Trinajstić information content (AvgIpc) is 2.62. The molecule has 0 saturated carbocycles. The molecule has 0 unspecified atom stereocenters. The number of unbranched alkanes of at least 4 members (excludes halogenated alkanes) is 2. The lowest BCUT2D eigenvalue weighted by molar-refractivity contribution is 0.284. The monoisotopic (exact) mass is 415 g/mol. The molecule has 2 rings (SSSR count). The Morgan fingerprint density at radius 1 is 0.962 bits per heavy atom. The van der Waals surface area contributed by atoms with Gasteiger partial charge in [-0.15, -0.1) is 0 Å². The maximum absolute atomic E-state index is 6.42. The van der Waals surface area contributed by atoms with Crippen LogP contribution in [0.15, 0.2) is 30.3 Å². The Hall–Kier alpha value is -1.13. The molecule has 3 nitrogen and oxygen atoms in total. The molecular weight excluding hydrogens is 393 g/mol. The Morgan fingerprint density at radius 3 is 2.35 bits per heavy atom. The number of hydrogen-bond donors (Lipinski definition) is 1. The molecule has 2 aromatic carbocycles. The molecule has 0 bridgehead atoms. The van der Waals surface area contributed by atoms with Gasteiger partial charge >= 0.3 is 0 Å². The van der Waals surface area contributed by atoms with Gasteiger partial charge in [0, 0.05) is 33.2 Å². The molecule has 1 N–H and O–H groups in total. The highest BCUT2D eigenvalue weighted by atomic mass is 35.5. The van der Waals surface area contributed by atoms with Gasteiger partial charge in [0.2, 0.25) is 0 Å². The highest BCUT2D eigenvalue weighted by Gasteiger charge is 2.13. The van der Waals surface area contributed by atoms with E-state index in [1.165, 1.54) is 12.8 Å². The van der Waals surface area contributed by atoms with Crippen LogP contribution in [0.4, 0.5) is 0 Å². The molecule has 0 aliphatic heterocycles. The van der Waals surface area contributed by atoms with Gasteiger partial charge < -0.3 is 14.8 Å². The summed E-state index contributed by atoms with van der Waals surface area (Å²) in [5, 5.41) is 5.17. The second-order valence-electron chi connectivity index (χ2n) is 5.97. The maximum atomic E-state index is 6.42. The van der Waals surface area contributed by atoms with E-state index in [2.05, 4.69) is 12.2 Å². The predicted molar refractivity (Wildman–Crippen MR) is 110 cm³/mol. The van der Waals surface area contributed by atoms with Gasteiger partial charge in [0.1, 0.15) is 6.61 Å². The summed E-state index contributed by atoms with van der Waals surface area (Å²) in [4.78, 5) is 0. The van der Waals surface area contributed by atoms with Crippen molar-refractivity contribution in [2.75, 3.05) is 13.7 Å². The molecule has 0 heterocycles. The Kier molecular flexibility index (Phi) is 8.86. The molecule has 142 valence electrons. The largest absolute Gasteiger partial charge is 0.493 e. The van der Waals surface area contributed by atoms with Crippen molar-refractivity contribution >= 4 is 34.8 Å². The van der Waals surface area contributed by atoms with Gasteiger partial charge in [-0.3, -0.25) is 0 Å². The first-order valence-electron chi connectivity index (χ1n) is 8.69. The first-order chi connectivity index (χ1) is 12.6. The zero-order valence-corrected chi connectivity index (χ0v) is 17.3. The van der Waals surface area contributed by atoms with Crippen LogP contribution < -0.4 is 14.8 Å². The standard InChI is InChI=1S/C20H24Cl3NO2/c1-3-4-5-9-24-12-14-10-19(25-2)20(11-18(14)23)26-13-15-16(21)7-6-8-17(15)22/h6-8,10-11,24H,3-5,9,12-13H2,1-2H3. The van der Waals surface area contributed by atoms with E-state index in [1.807, 2.05) is 6.07 Å². The fourth-order valence-corrected chi connectivity index (χ4v) is 3.26. The molecule has 0 amide bonds. The number of methoxy groups -OCH3 is 1. The Morgan fingerprint density at radius 2 is 1.69 bits per heavy atom. The van der Waals surface area contributed by atoms with E-state index in [-0.39, 0.29) is 6.61 Å². The normalized spacial score (nSPS) is 10.8. The van der Waals surface area contributed by atoms with Crippen LogP contribution in [0.2, 0.25) is 15.1 Å². The van der Waals surface area contributed by atoms with E-state index < -0.39 is 0 Å². The van der Waals surface area contributed by atoms with Gasteiger partial charge in [0.15, 0.2) is 11.5 Å². The number of halogens is 3. The minimum Gasteiger partial charge on any atom is -0.493 e. The van der Waals surface area contributed by atoms with Gasteiger partial charge in [-0.2, -0.15) is 0 Å². The quantitative estimate of drug-likeness (QED) is 0.447. The summed E-state index contributed by atoms with van der Waals surface area (Å²) in [6, 6.07) is 9.04. The van der Waals surface area contributed by atoms with Crippen molar-refractivity contribution in [1.82, 2.24) is 5.32 Å². The fourth-order valence-electron chi connectivity index (χ4n) is 2.53. The summed E-state index contributed by atoms with van der Waals surface area (Å²) in [5.74, 6) is 1.19. The summed E-state index contributed by atoms with van der Waals surface area (Å²) in [6.45, 7) is 4.08. The van der Waals surface area contributed by atoms with Crippen LogP contribution in [0.5, 0.6) is 11.5 Å². The molecule has 6 heteroatoms. The van der Waals surface area contributed by atoms with Crippen molar-refractivity contribution in [2.45, 2.75) is 39.3 Å². The molecule has 0 fully saturated rings. The second-order valence-corrected chi connectivity index (χ2v) is 7.19. The molecular formula is C20H24Cl3NO2. The molecule has 0 atom stereocenters. The van der Waals surface area contributed by atoms with Crippen molar-refractivity contribution in [3.05, 3.63) is 56.5 Å². The van der Waals surface area contributed by atoms with E-state index in [9.17, 15) is 0 Å². The van der Waals surface area contributed by atoms with E-state index in [1.54, 1.807) is 31.4 Å². The zero-order chi connectivity index (χ0) is 18.9. The van der Waals surface area contributed by atoms with Crippen LogP contribution in [0.1, 0.15) is 37.3 Å². The molecule has 2 aromatic rings. The van der Waals surface area contributed by atoms with Crippen LogP contribution in [0, 0.1) is 0 Å². The summed E-state index contributed by atoms with van der Waals surface area (Å²) >= 11 is 18.8. The van der Waals surface area contributed by atoms with Crippen LogP contribution in [-0.2, 0) is 13.2 Å². The number of nitrogens with one attached hydrogen (secondary N) is 1. The number of ether oxygens (including phenoxy) is 2. The highest BCUT2D eigenvalue weighted by molar-refractivity contribution is 6.36. The molecule has 0 aliphatic rings. The van der Waals surface area contributed by atoms with Crippen molar-refractivity contribution in [2.24, 2.45) is 0 Å². The topological polar surface area (TPSA) is 30.5 Å². The number of benzene rings is 2. The van der Waals surface area contributed by atoms with E-state index in [4.69, 9.17) is 44.3 Å². The lowest BCUT2D eigenvalue weighted by Crippen LogP contribution is -2.15. The lowest BCUT2D eigenvalue weighted by atomic mass is 10.2. The van der Waals surface area contributed by atoms with Crippen LogP contribution in [-0.4, -0.2) is 13.7 Å². The summed E-state index contributed by atoms with van der Waals surface area (Å²) in [7, 11) is 1.61. The summed E-state index contributed by atoms with van der Waals surface area (Å²) in [6.07, 6.45) is 3.59. The van der Waals surface area contributed by atoms with Crippen molar-refractivity contribution < 1.29 is 9.47 Å². The number of hydrogen-bond acceptors (Lipinski definition) is 3. The Balaban J connectivity index is 2.06. The van der Waals surface area contributed by atoms with Crippen molar-refractivity contribution in [3.63, 3.8) is 0 Å². The summed E-state index contributed by atoms with van der Waals surface area (Å²) < 4.78 is 11.3. The molecule has 26 heavy (non-hydrogen) atoms. The zero-order valence-electron chi connectivity index (χ0n) is 15.1. The summed E-state index contributed by atoms with van der Waals surface area (Å²) in [5.41, 5.74) is 1.71. The van der Waals surface area contributed by atoms with Gasteiger partial charge in [0.25, 0.3) is 0 Å². The van der Waals surface area contributed by atoms with Gasteiger partial charge in [-0.05, 0) is 36.7 Å². The predicted octanol–water partition coefficient (Wildman–Crippen LogP) is 6.51. The van der Waals surface area contributed by atoms with Crippen LogP contribution in [0.25, 0.3) is 0 Å². The SMILES string of the molecule is CCCCCNCc1cc(OC)c(OCc2c(Cl)cccc2Cl)cc1Cl. The maximum Gasteiger partial charge on any atom is 0.163 e. The van der Waals surface area contributed by atoms with Crippen molar-refractivity contribution in [3.8, 4) is 11.5 Å². The average molecular weight is 417 g/mol. The molecule has 0 spiro atoms. The fraction of sp³-hybridized carbons (Fsp3) is 0.400. The minimum absolute atomic E-state index is 0.236. The lowest BCUT2D eigenvalue weighted by Gasteiger charge is -2.15. The third-order valence-corrected chi connectivity index (χ3v) is 5.10. The van der Waals surface area contributed by atoms with Gasteiger partial charge in [-0.25, -0.2) is 0 Å². The van der Waals surface area contributed by atoms with E-state index in [0.717, 1.165) is 24.1 Å². The Labute approximate surface area is 170 Å². The van der Waals surface area contributed by atoms with Crippen LogP contribution in [0.3, 0.4) is 0 Å². The molecule has 0 saturated heterocycles. The highest BCUT2D eigenvalue weighted by Crippen LogP contribution is 2.35. The van der Waals surface area contributed by atoms with E-state index >= 15 is 0 Å². The van der Waals surface area contributed by atoms with E-state index in [0.29, 0.717) is 33.1 Å². The Bertz CT molecular complexity index is 702. The molecule has 0 aromatic heterocycles. The third kappa shape index (κ3) is 5.95.